The number of rotatable bonds is 3. The van der Waals surface area contributed by atoms with Crippen molar-refractivity contribution in [3.05, 3.63) is 35.9 Å². The van der Waals surface area contributed by atoms with Gasteiger partial charge in [-0.1, -0.05) is 30.3 Å². The van der Waals surface area contributed by atoms with Crippen molar-refractivity contribution < 1.29 is 5.11 Å². The van der Waals surface area contributed by atoms with E-state index in [1.54, 1.807) is 0 Å². The molecule has 2 rings (SSSR count). The second-order valence-electron chi connectivity index (χ2n) is 5.16. The Morgan fingerprint density at radius 3 is 2.69 bits per heavy atom. The summed E-state index contributed by atoms with van der Waals surface area (Å²) in [5, 5.41) is 9.69. The van der Waals surface area contributed by atoms with Gasteiger partial charge in [-0.3, -0.25) is 0 Å². The van der Waals surface area contributed by atoms with Crippen LogP contribution in [0.1, 0.15) is 18.4 Å². The van der Waals surface area contributed by atoms with Crippen molar-refractivity contribution in [3.63, 3.8) is 0 Å². The molecule has 2 nitrogen and oxygen atoms in total. The van der Waals surface area contributed by atoms with Crippen LogP contribution in [0.25, 0.3) is 0 Å². The van der Waals surface area contributed by atoms with Crippen LogP contribution >= 0.6 is 0 Å². The average molecular weight is 219 g/mol. The van der Waals surface area contributed by atoms with Crippen LogP contribution in [0, 0.1) is 5.41 Å². The molecule has 1 aliphatic heterocycles. The number of aliphatic hydroxyl groups excluding tert-OH is 1. The van der Waals surface area contributed by atoms with Gasteiger partial charge in [-0.25, -0.2) is 0 Å². The van der Waals surface area contributed by atoms with Crippen molar-refractivity contribution >= 4 is 0 Å². The van der Waals surface area contributed by atoms with E-state index in [1.807, 2.05) is 6.07 Å². The molecule has 1 fully saturated rings. The third kappa shape index (κ3) is 2.63. The number of hydrogen-bond acceptors (Lipinski definition) is 2. The van der Waals surface area contributed by atoms with E-state index in [1.165, 1.54) is 12.0 Å². The maximum atomic E-state index is 9.69. The minimum atomic E-state index is 0.0777. The molecule has 1 atom stereocenters. The summed E-state index contributed by atoms with van der Waals surface area (Å²) in [6.45, 7) is 2.47. The summed E-state index contributed by atoms with van der Waals surface area (Å²) in [7, 11) is 2.15. The highest BCUT2D eigenvalue weighted by molar-refractivity contribution is 5.17. The van der Waals surface area contributed by atoms with Gasteiger partial charge in [0.25, 0.3) is 0 Å². The third-order valence-electron chi connectivity index (χ3n) is 3.61. The molecule has 0 aliphatic carbocycles. The topological polar surface area (TPSA) is 23.5 Å². The zero-order valence-electron chi connectivity index (χ0n) is 10.0. The Labute approximate surface area is 97.9 Å². The summed E-state index contributed by atoms with van der Waals surface area (Å²) in [4.78, 5) is 2.34. The van der Waals surface area contributed by atoms with E-state index in [-0.39, 0.29) is 5.41 Å². The van der Waals surface area contributed by atoms with Crippen molar-refractivity contribution in [1.82, 2.24) is 4.90 Å². The van der Waals surface area contributed by atoms with E-state index in [4.69, 9.17) is 0 Å². The van der Waals surface area contributed by atoms with Crippen LogP contribution in [-0.4, -0.2) is 36.8 Å². The second-order valence-corrected chi connectivity index (χ2v) is 5.16. The number of benzene rings is 1. The van der Waals surface area contributed by atoms with Gasteiger partial charge in [0.2, 0.25) is 0 Å². The monoisotopic (exact) mass is 219 g/mol. The average Bonchev–Trinajstić information content (AvgIpc) is 2.30. The van der Waals surface area contributed by atoms with Gasteiger partial charge >= 0.3 is 0 Å². The molecule has 0 bridgehead atoms. The third-order valence-corrected chi connectivity index (χ3v) is 3.61. The predicted molar refractivity (Wildman–Crippen MR) is 66.4 cm³/mol. The number of hydrogen-bond donors (Lipinski definition) is 1. The minimum absolute atomic E-state index is 0.0777. The van der Waals surface area contributed by atoms with Gasteiger partial charge in [0.05, 0.1) is 6.61 Å². The number of nitrogens with zero attached hydrogens (tertiary/aromatic N) is 1. The quantitative estimate of drug-likeness (QED) is 0.839. The zero-order chi connectivity index (χ0) is 11.4. The molecule has 1 N–H and O–H groups in total. The summed E-state index contributed by atoms with van der Waals surface area (Å²) in [6.07, 6.45) is 3.33. The lowest BCUT2D eigenvalue weighted by Gasteiger charge is -2.40. The maximum Gasteiger partial charge on any atom is 0.0502 e. The molecular formula is C14H21NO. The van der Waals surface area contributed by atoms with Gasteiger partial charge in [0.15, 0.2) is 0 Å². The molecule has 2 heteroatoms. The molecule has 1 aromatic rings. The lowest BCUT2D eigenvalue weighted by Crippen LogP contribution is -2.44. The normalized spacial score (nSPS) is 26.9. The molecule has 1 heterocycles. The van der Waals surface area contributed by atoms with Gasteiger partial charge < -0.3 is 10.0 Å². The van der Waals surface area contributed by atoms with E-state index < -0.39 is 0 Å². The highest BCUT2D eigenvalue weighted by Gasteiger charge is 2.33. The summed E-state index contributed by atoms with van der Waals surface area (Å²) < 4.78 is 0. The lowest BCUT2D eigenvalue weighted by molar-refractivity contribution is 0.0439. The van der Waals surface area contributed by atoms with E-state index in [9.17, 15) is 5.11 Å². The van der Waals surface area contributed by atoms with Crippen molar-refractivity contribution in [2.75, 3.05) is 26.7 Å². The molecule has 1 unspecified atom stereocenters. The number of aliphatic hydroxyl groups is 1. The van der Waals surface area contributed by atoms with Gasteiger partial charge in [-0.15, -0.1) is 0 Å². The van der Waals surface area contributed by atoms with Crippen molar-refractivity contribution in [3.8, 4) is 0 Å². The summed E-state index contributed by atoms with van der Waals surface area (Å²) in [5.74, 6) is 0. The minimum Gasteiger partial charge on any atom is -0.396 e. The molecule has 0 spiro atoms. The van der Waals surface area contributed by atoms with E-state index >= 15 is 0 Å². The Kier molecular flexibility index (Phi) is 3.62. The molecular weight excluding hydrogens is 198 g/mol. The molecule has 0 amide bonds. The summed E-state index contributed by atoms with van der Waals surface area (Å²) >= 11 is 0. The highest BCUT2D eigenvalue weighted by Crippen LogP contribution is 2.32. The van der Waals surface area contributed by atoms with E-state index in [0.29, 0.717) is 6.61 Å². The first-order chi connectivity index (χ1) is 7.74. The number of piperidine rings is 1. The van der Waals surface area contributed by atoms with Gasteiger partial charge in [0, 0.05) is 12.0 Å². The Balaban J connectivity index is 2.10. The molecule has 0 radical (unpaired) electrons. The van der Waals surface area contributed by atoms with Crippen LogP contribution in [0.2, 0.25) is 0 Å². The van der Waals surface area contributed by atoms with Crippen molar-refractivity contribution in [2.24, 2.45) is 5.41 Å². The second kappa shape index (κ2) is 4.98. The lowest BCUT2D eigenvalue weighted by atomic mass is 9.76. The largest absolute Gasteiger partial charge is 0.396 e. The molecule has 16 heavy (non-hydrogen) atoms. The van der Waals surface area contributed by atoms with E-state index in [2.05, 4.69) is 36.2 Å². The molecule has 1 aromatic carbocycles. The molecule has 0 aromatic heterocycles. The summed E-state index contributed by atoms with van der Waals surface area (Å²) in [6, 6.07) is 10.5. The Morgan fingerprint density at radius 1 is 1.31 bits per heavy atom. The first kappa shape index (κ1) is 11.6. The number of likely N-dealkylation sites (tertiary alicyclic amines) is 1. The molecule has 1 saturated heterocycles. The van der Waals surface area contributed by atoms with E-state index in [0.717, 1.165) is 25.9 Å². The SMILES string of the molecule is CN1CCCC(CO)(Cc2ccccc2)C1. The molecule has 0 saturated carbocycles. The van der Waals surface area contributed by atoms with Crippen LogP contribution < -0.4 is 0 Å². The Hall–Kier alpha value is -0.860. The highest BCUT2D eigenvalue weighted by atomic mass is 16.3. The molecule has 1 aliphatic rings. The van der Waals surface area contributed by atoms with Gasteiger partial charge in [0.1, 0.15) is 0 Å². The zero-order valence-corrected chi connectivity index (χ0v) is 10.0. The van der Waals surface area contributed by atoms with Crippen LogP contribution in [0.4, 0.5) is 0 Å². The van der Waals surface area contributed by atoms with Gasteiger partial charge in [-0.2, -0.15) is 0 Å². The standard InChI is InChI=1S/C14H21NO/c1-15-9-5-8-14(11-15,12-16)10-13-6-3-2-4-7-13/h2-4,6-7,16H,5,8-12H2,1H3. The van der Waals surface area contributed by atoms with Crippen molar-refractivity contribution in [1.29, 1.82) is 0 Å². The Morgan fingerprint density at radius 2 is 2.06 bits per heavy atom. The fourth-order valence-corrected chi connectivity index (χ4v) is 2.81. The predicted octanol–water partition coefficient (Wildman–Crippen LogP) is 1.93. The fourth-order valence-electron chi connectivity index (χ4n) is 2.81. The smallest absolute Gasteiger partial charge is 0.0502 e. The Bertz CT molecular complexity index is 325. The van der Waals surface area contributed by atoms with Crippen LogP contribution in [0.15, 0.2) is 30.3 Å². The summed E-state index contributed by atoms with van der Waals surface area (Å²) in [5.41, 5.74) is 1.42. The van der Waals surface area contributed by atoms with Crippen molar-refractivity contribution in [2.45, 2.75) is 19.3 Å². The first-order valence-corrected chi connectivity index (χ1v) is 6.07. The molecule has 88 valence electrons. The van der Waals surface area contributed by atoms with Crippen LogP contribution in [-0.2, 0) is 6.42 Å². The maximum absolute atomic E-state index is 9.69. The van der Waals surface area contributed by atoms with Crippen LogP contribution in [0.5, 0.6) is 0 Å². The fraction of sp³-hybridized carbons (Fsp3) is 0.571. The van der Waals surface area contributed by atoms with Crippen LogP contribution in [0.3, 0.4) is 0 Å². The van der Waals surface area contributed by atoms with Gasteiger partial charge in [-0.05, 0) is 38.4 Å². The first-order valence-electron chi connectivity index (χ1n) is 6.07.